The highest BCUT2D eigenvalue weighted by Gasteiger charge is 2.28. The molecule has 5 nitrogen and oxygen atoms in total. The van der Waals surface area contributed by atoms with E-state index >= 15 is 0 Å². The van der Waals surface area contributed by atoms with Gasteiger partial charge in [-0.2, -0.15) is 0 Å². The molecule has 0 N–H and O–H groups in total. The highest BCUT2D eigenvalue weighted by Crippen LogP contribution is 2.36. The van der Waals surface area contributed by atoms with Crippen LogP contribution in [0.1, 0.15) is 0 Å². The van der Waals surface area contributed by atoms with E-state index in [9.17, 15) is 18.5 Å². The highest BCUT2D eigenvalue weighted by molar-refractivity contribution is 8.14. The summed E-state index contributed by atoms with van der Waals surface area (Å²) in [5, 5.41) is 10.1. The van der Waals surface area contributed by atoms with Gasteiger partial charge in [-0.15, -0.1) is 0 Å². The first-order chi connectivity index (χ1) is 6.73. The van der Waals surface area contributed by atoms with E-state index in [0.717, 1.165) is 12.1 Å². The van der Waals surface area contributed by atoms with Gasteiger partial charge in [-0.1, -0.05) is 23.2 Å². The van der Waals surface area contributed by atoms with Gasteiger partial charge < -0.3 is 0 Å². The molecule has 0 radical (unpaired) electrons. The summed E-state index contributed by atoms with van der Waals surface area (Å²) in [6.07, 6.45) is 0. The number of hydrogen-bond acceptors (Lipinski definition) is 4. The molecule has 0 aliphatic heterocycles. The molecule has 0 heterocycles. The van der Waals surface area contributed by atoms with E-state index in [1.165, 1.54) is 0 Å². The number of hydrogen-bond donors (Lipinski definition) is 0. The Labute approximate surface area is 99.1 Å². The number of rotatable bonds is 2. The fourth-order valence-corrected chi connectivity index (χ4v) is 2.99. The minimum Gasteiger partial charge on any atom is -0.258 e. The van der Waals surface area contributed by atoms with Crippen LogP contribution < -0.4 is 0 Å². The van der Waals surface area contributed by atoms with E-state index in [1.54, 1.807) is 0 Å². The second-order valence-corrected chi connectivity index (χ2v) is 5.78. The lowest BCUT2D eigenvalue weighted by Crippen LogP contribution is -1.99. The first-order valence-corrected chi connectivity index (χ1v) is 6.38. The van der Waals surface area contributed by atoms with Crippen molar-refractivity contribution in [1.82, 2.24) is 0 Å². The predicted molar refractivity (Wildman–Crippen MR) is 56.2 cm³/mol. The summed E-state index contributed by atoms with van der Waals surface area (Å²) in [5.74, 6) is 0. The second-order valence-electron chi connectivity index (χ2n) is 2.43. The molecule has 0 aromatic heterocycles. The fourth-order valence-electron chi connectivity index (χ4n) is 0.924. The SMILES string of the molecule is O=[N+]([O-])c1cc(Cl)cc(Cl)c1S(=O)(=O)Cl. The summed E-state index contributed by atoms with van der Waals surface area (Å²) in [4.78, 5) is 8.86. The Kier molecular flexibility index (Phi) is 3.44. The zero-order chi connectivity index (χ0) is 11.8. The van der Waals surface area contributed by atoms with Gasteiger partial charge in [-0.05, 0) is 6.07 Å². The first kappa shape index (κ1) is 12.5. The third-order valence-electron chi connectivity index (χ3n) is 1.43. The molecule has 0 unspecified atom stereocenters. The third-order valence-corrected chi connectivity index (χ3v) is 3.44. The van der Waals surface area contributed by atoms with Crippen molar-refractivity contribution < 1.29 is 13.3 Å². The summed E-state index contributed by atoms with van der Waals surface area (Å²) in [7, 11) is 0.720. The average molecular weight is 291 g/mol. The Morgan fingerprint density at radius 2 is 1.80 bits per heavy atom. The lowest BCUT2D eigenvalue weighted by molar-refractivity contribution is -0.387. The maximum atomic E-state index is 11.0. The molecular formula is C6H2Cl3NO4S. The van der Waals surface area contributed by atoms with Crippen molar-refractivity contribution in [2.24, 2.45) is 0 Å². The van der Waals surface area contributed by atoms with Crippen LogP contribution in [0.2, 0.25) is 10.0 Å². The van der Waals surface area contributed by atoms with E-state index in [4.69, 9.17) is 33.9 Å². The van der Waals surface area contributed by atoms with Crippen LogP contribution in [-0.4, -0.2) is 13.3 Å². The van der Waals surface area contributed by atoms with Gasteiger partial charge >= 0.3 is 0 Å². The van der Waals surface area contributed by atoms with Gasteiger partial charge in [-0.3, -0.25) is 10.1 Å². The summed E-state index contributed by atoms with van der Waals surface area (Å²) in [6.45, 7) is 0. The lowest BCUT2D eigenvalue weighted by atomic mass is 10.3. The largest absolute Gasteiger partial charge is 0.292 e. The van der Waals surface area contributed by atoms with Gasteiger partial charge in [0.05, 0.1) is 9.95 Å². The Morgan fingerprint density at radius 3 is 2.20 bits per heavy atom. The quantitative estimate of drug-likeness (QED) is 0.477. The smallest absolute Gasteiger partial charge is 0.258 e. The van der Waals surface area contributed by atoms with Gasteiger partial charge in [0, 0.05) is 21.8 Å². The molecule has 82 valence electrons. The molecule has 0 bridgehead atoms. The zero-order valence-electron chi connectivity index (χ0n) is 6.78. The first-order valence-electron chi connectivity index (χ1n) is 3.31. The predicted octanol–water partition coefficient (Wildman–Crippen LogP) is 2.83. The van der Waals surface area contributed by atoms with E-state index < -0.39 is 24.6 Å². The molecule has 0 atom stereocenters. The molecule has 1 aromatic carbocycles. The minimum atomic E-state index is -4.29. The standard InChI is InChI=1S/C6H2Cl3NO4S/c7-3-1-4(8)6(15(9,13)14)5(2-3)10(11)12/h1-2H. The molecule has 1 aromatic rings. The molecule has 0 spiro atoms. The maximum Gasteiger partial charge on any atom is 0.292 e. The van der Waals surface area contributed by atoms with Gasteiger partial charge in [0.25, 0.3) is 14.7 Å². The molecular weight excluding hydrogens is 288 g/mol. The Balaban J connectivity index is 3.70. The van der Waals surface area contributed by atoms with Crippen LogP contribution in [0.5, 0.6) is 0 Å². The molecule has 0 aliphatic carbocycles. The van der Waals surface area contributed by atoms with E-state index in [1.807, 2.05) is 0 Å². The van der Waals surface area contributed by atoms with Crippen LogP contribution in [0, 0.1) is 10.1 Å². The third kappa shape index (κ3) is 2.72. The number of nitro benzene ring substituents is 1. The van der Waals surface area contributed by atoms with Gasteiger partial charge in [0.1, 0.15) is 0 Å². The van der Waals surface area contributed by atoms with Gasteiger partial charge in [0.2, 0.25) is 0 Å². The van der Waals surface area contributed by atoms with Crippen molar-refractivity contribution in [3.05, 3.63) is 32.3 Å². The van der Waals surface area contributed by atoms with Crippen LogP contribution in [0.3, 0.4) is 0 Å². The molecule has 15 heavy (non-hydrogen) atoms. The van der Waals surface area contributed by atoms with E-state index in [2.05, 4.69) is 0 Å². The van der Waals surface area contributed by atoms with Crippen LogP contribution in [0.4, 0.5) is 5.69 Å². The molecule has 0 fully saturated rings. The number of halogens is 3. The molecule has 0 aliphatic rings. The van der Waals surface area contributed by atoms with Crippen molar-refractivity contribution >= 4 is 48.6 Å². The molecule has 0 amide bonds. The summed E-state index contributed by atoms with van der Waals surface area (Å²) >= 11 is 11.0. The van der Waals surface area contributed by atoms with Crippen molar-refractivity contribution in [3.8, 4) is 0 Å². The van der Waals surface area contributed by atoms with Crippen LogP contribution in [0.25, 0.3) is 0 Å². The highest BCUT2D eigenvalue weighted by atomic mass is 35.7. The van der Waals surface area contributed by atoms with Gasteiger partial charge in [-0.25, -0.2) is 8.42 Å². The van der Waals surface area contributed by atoms with E-state index in [-0.39, 0.29) is 10.0 Å². The second kappa shape index (κ2) is 4.13. The minimum absolute atomic E-state index is 0.0456. The lowest BCUT2D eigenvalue weighted by Gasteiger charge is -2.02. The van der Waals surface area contributed by atoms with Crippen LogP contribution in [-0.2, 0) is 9.05 Å². The van der Waals surface area contributed by atoms with Crippen molar-refractivity contribution in [3.63, 3.8) is 0 Å². The topological polar surface area (TPSA) is 77.3 Å². The fraction of sp³-hybridized carbons (Fsp3) is 0. The summed E-state index contributed by atoms with van der Waals surface area (Å²) in [6, 6.07) is 1.92. The Hall–Kier alpha value is -0.560. The molecule has 0 saturated heterocycles. The molecule has 0 saturated carbocycles. The van der Waals surface area contributed by atoms with Crippen LogP contribution >= 0.6 is 33.9 Å². The molecule has 9 heteroatoms. The normalized spacial score (nSPS) is 11.4. The van der Waals surface area contributed by atoms with Gasteiger partial charge in [0.15, 0.2) is 4.90 Å². The summed E-state index contributed by atoms with van der Waals surface area (Å²) < 4.78 is 22.0. The monoisotopic (exact) mass is 289 g/mol. The number of nitro groups is 1. The van der Waals surface area contributed by atoms with E-state index in [0.29, 0.717) is 0 Å². The van der Waals surface area contributed by atoms with Crippen molar-refractivity contribution in [2.75, 3.05) is 0 Å². The van der Waals surface area contributed by atoms with Crippen LogP contribution in [0.15, 0.2) is 17.0 Å². The van der Waals surface area contributed by atoms with Crippen molar-refractivity contribution in [1.29, 1.82) is 0 Å². The zero-order valence-corrected chi connectivity index (χ0v) is 9.86. The number of benzene rings is 1. The average Bonchev–Trinajstić information content (AvgIpc) is 1.99. The number of nitrogens with zero attached hydrogens (tertiary/aromatic N) is 1. The Bertz CT molecular complexity index is 527. The Morgan fingerprint density at radius 1 is 1.27 bits per heavy atom. The van der Waals surface area contributed by atoms with Crippen molar-refractivity contribution in [2.45, 2.75) is 4.90 Å². The molecule has 1 rings (SSSR count). The maximum absolute atomic E-state index is 11.0. The summed E-state index contributed by atoms with van der Waals surface area (Å²) in [5.41, 5.74) is -0.748.